The first-order valence-corrected chi connectivity index (χ1v) is 10.3. The van der Waals surface area contributed by atoms with Crippen LogP contribution in [0.5, 0.6) is 0 Å². The summed E-state index contributed by atoms with van der Waals surface area (Å²) in [4.78, 5) is 23.3. The Morgan fingerprint density at radius 1 is 1.04 bits per heavy atom. The third kappa shape index (κ3) is 5.79. The van der Waals surface area contributed by atoms with Gasteiger partial charge in [-0.25, -0.2) is 8.42 Å². The summed E-state index contributed by atoms with van der Waals surface area (Å²) in [6, 6.07) is 11.1. The Morgan fingerprint density at radius 3 is 2.11 bits per heavy atom. The predicted molar refractivity (Wildman–Crippen MR) is 106 cm³/mol. The number of amides is 1. The summed E-state index contributed by atoms with van der Waals surface area (Å²) in [5.41, 5.74) is 1.15. The number of aliphatic carboxylic acids is 1. The molecule has 0 saturated carbocycles. The van der Waals surface area contributed by atoms with Gasteiger partial charge in [0.1, 0.15) is 6.04 Å². The molecule has 0 radical (unpaired) electrons. The van der Waals surface area contributed by atoms with Gasteiger partial charge in [-0.15, -0.1) is 0 Å². The number of carbonyl (C=O) groups excluding carboxylic acids is 1. The van der Waals surface area contributed by atoms with Crippen molar-refractivity contribution in [2.24, 2.45) is 5.92 Å². The fraction of sp³-hybridized carbons (Fsp3) is 0.263. The van der Waals surface area contributed by atoms with Crippen LogP contribution < -0.4 is 10.0 Å². The maximum atomic E-state index is 12.4. The zero-order valence-electron chi connectivity index (χ0n) is 15.3. The minimum Gasteiger partial charge on any atom is -0.480 e. The van der Waals surface area contributed by atoms with Crippen LogP contribution in [0.4, 0.5) is 0 Å². The zero-order chi connectivity index (χ0) is 20.9. The molecule has 2 rings (SSSR count). The van der Waals surface area contributed by atoms with Gasteiger partial charge in [0.2, 0.25) is 10.0 Å². The van der Waals surface area contributed by atoms with Gasteiger partial charge in [-0.1, -0.05) is 37.6 Å². The van der Waals surface area contributed by atoms with Crippen LogP contribution >= 0.6 is 11.6 Å². The Balaban J connectivity index is 2.03. The number of carbonyl (C=O) groups is 2. The largest absolute Gasteiger partial charge is 0.480 e. The van der Waals surface area contributed by atoms with Gasteiger partial charge in [0.05, 0.1) is 4.90 Å². The zero-order valence-corrected chi connectivity index (χ0v) is 16.9. The first kappa shape index (κ1) is 21.9. The van der Waals surface area contributed by atoms with E-state index in [1.54, 1.807) is 50.2 Å². The minimum absolute atomic E-state index is 0.0489. The van der Waals surface area contributed by atoms with Gasteiger partial charge in [0.15, 0.2) is 0 Å². The van der Waals surface area contributed by atoms with Crippen LogP contribution in [0.1, 0.15) is 29.8 Å². The first-order chi connectivity index (χ1) is 13.1. The highest BCUT2D eigenvalue weighted by atomic mass is 35.5. The highest BCUT2D eigenvalue weighted by molar-refractivity contribution is 7.89. The van der Waals surface area contributed by atoms with E-state index in [0.717, 1.165) is 0 Å². The van der Waals surface area contributed by atoms with Gasteiger partial charge >= 0.3 is 5.97 Å². The van der Waals surface area contributed by atoms with Crippen LogP contribution in [0.15, 0.2) is 53.4 Å². The quantitative estimate of drug-likeness (QED) is 0.603. The van der Waals surface area contributed by atoms with Crippen LogP contribution in [0.3, 0.4) is 0 Å². The normalized spacial score (nSPS) is 12.6. The van der Waals surface area contributed by atoms with Gasteiger partial charge < -0.3 is 10.4 Å². The molecule has 0 bridgehead atoms. The molecule has 0 aromatic heterocycles. The van der Waals surface area contributed by atoms with E-state index < -0.39 is 28.0 Å². The molecule has 1 unspecified atom stereocenters. The van der Waals surface area contributed by atoms with Crippen molar-refractivity contribution in [3.8, 4) is 0 Å². The Hall–Kier alpha value is -2.42. The Labute approximate surface area is 168 Å². The minimum atomic E-state index is -3.98. The number of rotatable bonds is 8. The van der Waals surface area contributed by atoms with Crippen molar-refractivity contribution in [3.63, 3.8) is 0 Å². The monoisotopic (exact) mass is 424 g/mol. The standard InChI is InChI=1S/C19H21ClN2O5S/c1-12(2)17(19(24)25)22-28(26,27)16-9-3-13(4-10-16)11-21-18(23)14-5-7-15(20)8-6-14/h3-10,12,17,22H,11H2,1-2H3,(H,21,23)(H,24,25). The summed E-state index contributed by atoms with van der Waals surface area (Å²) in [7, 11) is -3.98. The second kappa shape index (κ2) is 9.18. The molecule has 7 nitrogen and oxygen atoms in total. The maximum Gasteiger partial charge on any atom is 0.322 e. The maximum absolute atomic E-state index is 12.4. The van der Waals surface area contributed by atoms with Crippen LogP contribution in [0.25, 0.3) is 0 Å². The molecule has 0 aliphatic carbocycles. The number of halogens is 1. The first-order valence-electron chi connectivity index (χ1n) is 8.48. The van der Waals surface area contributed by atoms with Crippen molar-refractivity contribution in [1.82, 2.24) is 10.0 Å². The average Bonchev–Trinajstić information content (AvgIpc) is 2.64. The molecule has 0 aliphatic rings. The topological polar surface area (TPSA) is 113 Å². The molecule has 1 atom stereocenters. The Kier molecular flexibility index (Phi) is 7.17. The molecule has 0 saturated heterocycles. The summed E-state index contributed by atoms with van der Waals surface area (Å²) >= 11 is 5.79. The number of sulfonamides is 1. The molecule has 150 valence electrons. The smallest absolute Gasteiger partial charge is 0.322 e. The van der Waals surface area contributed by atoms with Crippen molar-refractivity contribution >= 4 is 33.5 Å². The summed E-state index contributed by atoms with van der Waals surface area (Å²) in [5, 5.41) is 12.4. The molecule has 1 amide bonds. The van der Waals surface area contributed by atoms with Crippen molar-refractivity contribution in [2.45, 2.75) is 31.3 Å². The lowest BCUT2D eigenvalue weighted by molar-refractivity contribution is -0.140. The summed E-state index contributed by atoms with van der Waals surface area (Å²) < 4.78 is 27.0. The van der Waals surface area contributed by atoms with Crippen molar-refractivity contribution in [2.75, 3.05) is 0 Å². The molecule has 2 aromatic carbocycles. The number of carboxylic acid groups (broad SMARTS) is 1. The molecule has 3 N–H and O–H groups in total. The van der Waals surface area contributed by atoms with E-state index in [4.69, 9.17) is 16.7 Å². The predicted octanol–water partition coefficient (Wildman–Crippen LogP) is 2.66. The molecule has 28 heavy (non-hydrogen) atoms. The lowest BCUT2D eigenvalue weighted by Gasteiger charge is -2.18. The van der Waals surface area contributed by atoms with E-state index in [1.807, 2.05) is 0 Å². The third-order valence-electron chi connectivity index (χ3n) is 4.01. The summed E-state index contributed by atoms with van der Waals surface area (Å²) in [5.74, 6) is -1.92. The van der Waals surface area contributed by atoms with Crippen LogP contribution in [0, 0.1) is 5.92 Å². The van der Waals surface area contributed by atoms with E-state index in [0.29, 0.717) is 16.1 Å². The SMILES string of the molecule is CC(C)C(NS(=O)(=O)c1ccc(CNC(=O)c2ccc(Cl)cc2)cc1)C(=O)O. The van der Waals surface area contributed by atoms with Gasteiger partial charge in [-0.05, 0) is 47.9 Å². The number of hydrogen-bond acceptors (Lipinski definition) is 4. The van der Waals surface area contributed by atoms with Crippen molar-refractivity contribution in [3.05, 3.63) is 64.7 Å². The molecular formula is C19H21ClN2O5S. The van der Waals surface area contributed by atoms with E-state index in [-0.39, 0.29) is 17.3 Å². The number of hydrogen-bond donors (Lipinski definition) is 3. The third-order valence-corrected chi connectivity index (χ3v) is 5.72. The van der Waals surface area contributed by atoms with E-state index in [1.165, 1.54) is 12.1 Å². The van der Waals surface area contributed by atoms with E-state index in [9.17, 15) is 18.0 Å². The highest BCUT2D eigenvalue weighted by Crippen LogP contribution is 2.14. The van der Waals surface area contributed by atoms with Gasteiger partial charge in [0, 0.05) is 17.1 Å². The second-order valence-corrected chi connectivity index (χ2v) is 8.67. The van der Waals surface area contributed by atoms with Crippen LogP contribution in [-0.4, -0.2) is 31.4 Å². The summed E-state index contributed by atoms with van der Waals surface area (Å²) in [6.07, 6.45) is 0. The second-order valence-electron chi connectivity index (χ2n) is 6.51. The highest BCUT2D eigenvalue weighted by Gasteiger charge is 2.27. The summed E-state index contributed by atoms with van der Waals surface area (Å²) in [6.45, 7) is 3.44. The molecule has 0 aliphatic heterocycles. The lowest BCUT2D eigenvalue weighted by atomic mass is 10.1. The fourth-order valence-electron chi connectivity index (χ4n) is 2.38. The molecular weight excluding hydrogens is 404 g/mol. The van der Waals surface area contributed by atoms with E-state index >= 15 is 0 Å². The lowest BCUT2D eigenvalue weighted by Crippen LogP contribution is -2.44. The molecule has 0 spiro atoms. The van der Waals surface area contributed by atoms with Gasteiger partial charge in [0.25, 0.3) is 5.91 Å². The van der Waals surface area contributed by atoms with Crippen molar-refractivity contribution in [1.29, 1.82) is 0 Å². The molecule has 0 fully saturated rings. The fourth-order valence-corrected chi connectivity index (χ4v) is 3.84. The van der Waals surface area contributed by atoms with Gasteiger partial charge in [-0.2, -0.15) is 4.72 Å². The van der Waals surface area contributed by atoms with E-state index in [2.05, 4.69) is 10.0 Å². The number of carboxylic acids is 1. The Bertz CT molecular complexity index is 941. The Morgan fingerprint density at radius 2 is 1.61 bits per heavy atom. The number of nitrogens with one attached hydrogen (secondary N) is 2. The van der Waals surface area contributed by atoms with Gasteiger partial charge in [-0.3, -0.25) is 9.59 Å². The van der Waals surface area contributed by atoms with Crippen LogP contribution in [-0.2, 0) is 21.4 Å². The molecule has 2 aromatic rings. The molecule has 9 heteroatoms. The number of benzene rings is 2. The molecule has 0 heterocycles. The average molecular weight is 425 g/mol. The van der Waals surface area contributed by atoms with Crippen LogP contribution in [0.2, 0.25) is 5.02 Å². The van der Waals surface area contributed by atoms with Crippen molar-refractivity contribution < 1.29 is 23.1 Å².